The van der Waals surface area contributed by atoms with Crippen LogP contribution in [0, 0.1) is 11.7 Å². The first-order valence-electron chi connectivity index (χ1n) is 8.98. The van der Waals surface area contributed by atoms with Gasteiger partial charge in [-0.3, -0.25) is 9.69 Å². The number of hydrogen-bond acceptors (Lipinski definition) is 4. The average Bonchev–Trinajstić information content (AvgIpc) is 2.60. The fraction of sp³-hybridized carbons (Fsp3) is 0.632. The highest BCUT2D eigenvalue weighted by Gasteiger charge is 2.23. The number of hydrogen-bond donors (Lipinski definition) is 1. The van der Waals surface area contributed by atoms with Gasteiger partial charge >= 0.3 is 0 Å². The SMILES string of the molecule is CC(C)COCCC(=O)NC[C@H](c1cccc(F)c1)N1CCOCC1. The summed E-state index contributed by atoms with van der Waals surface area (Å²) in [5, 5.41) is 2.96. The second-order valence-electron chi connectivity index (χ2n) is 6.74. The Morgan fingerprint density at radius 1 is 1.36 bits per heavy atom. The third-order valence-corrected chi connectivity index (χ3v) is 4.14. The van der Waals surface area contributed by atoms with E-state index >= 15 is 0 Å². The molecule has 25 heavy (non-hydrogen) atoms. The third kappa shape index (κ3) is 7.10. The van der Waals surface area contributed by atoms with Crippen LogP contribution in [0.4, 0.5) is 4.39 Å². The van der Waals surface area contributed by atoms with E-state index in [9.17, 15) is 9.18 Å². The number of nitrogens with zero attached hydrogens (tertiary/aromatic N) is 1. The number of amides is 1. The van der Waals surface area contributed by atoms with E-state index in [1.54, 1.807) is 6.07 Å². The lowest BCUT2D eigenvalue weighted by atomic mass is 10.0. The van der Waals surface area contributed by atoms with Crippen LogP contribution in [0.5, 0.6) is 0 Å². The molecule has 1 fully saturated rings. The molecule has 5 nitrogen and oxygen atoms in total. The summed E-state index contributed by atoms with van der Waals surface area (Å²) in [4.78, 5) is 14.3. The second-order valence-corrected chi connectivity index (χ2v) is 6.74. The van der Waals surface area contributed by atoms with E-state index in [4.69, 9.17) is 9.47 Å². The zero-order valence-corrected chi connectivity index (χ0v) is 15.2. The van der Waals surface area contributed by atoms with Crippen LogP contribution < -0.4 is 5.32 Å². The van der Waals surface area contributed by atoms with Gasteiger partial charge in [-0.25, -0.2) is 4.39 Å². The standard InChI is InChI=1S/C19H29FN2O3/c1-15(2)14-25-9-6-19(23)21-13-18(22-7-10-24-11-8-22)16-4-3-5-17(20)12-16/h3-5,12,15,18H,6-11,13-14H2,1-2H3,(H,21,23)/t18-/m1/s1. The van der Waals surface area contributed by atoms with Gasteiger partial charge < -0.3 is 14.8 Å². The molecule has 1 N–H and O–H groups in total. The van der Waals surface area contributed by atoms with Crippen LogP contribution in [0.1, 0.15) is 31.9 Å². The summed E-state index contributed by atoms with van der Waals surface area (Å²) in [6.45, 7) is 8.54. The Labute approximate surface area is 149 Å². The zero-order valence-electron chi connectivity index (χ0n) is 15.2. The molecule has 0 spiro atoms. The van der Waals surface area contributed by atoms with Crippen molar-refractivity contribution >= 4 is 5.91 Å². The molecule has 0 unspecified atom stereocenters. The van der Waals surface area contributed by atoms with E-state index in [1.165, 1.54) is 12.1 Å². The summed E-state index contributed by atoms with van der Waals surface area (Å²) in [5.74, 6) is 0.157. The first kappa shape index (κ1) is 19.8. The van der Waals surface area contributed by atoms with Gasteiger partial charge in [0.1, 0.15) is 5.82 Å². The van der Waals surface area contributed by atoms with Gasteiger partial charge in [-0.15, -0.1) is 0 Å². The molecule has 0 saturated carbocycles. The zero-order chi connectivity index (χ0) is 18.1. The molecule has 1 aromatic rings. The largest absolute Gasteiger partial charge is 0.381 e. The van der Waals surface area contributed by atoms with Gasteiger partial charge in [-0.05, 0) is 23.6 Å². The Kier molecular flexibility index (Phi) is 8.31. The normalized spacial score (nSPS) is 16.8. The predicted molar refractivity (Wildman–Crippen MR) is 94.8 cm³/mol. The van der Waals surface area contributed by atoms with Gasteiger partial charge in [0.15, 0.2) is 0 Å². The molecule has 1 heterocycles. The molecule has 1 aliphatic rings. The Morgan fingerprint density at radius 2 is 2.12 bits per heavy atom. The summed E-state index contributed by atoms with van der Waals surface area (Å²) >= 11 is 0. The lowest BCUT2D eigenvalue weighted by Crippen LogP contribution is -2.44. The van der Waals surface area contributed by atoms with Crippen molar-refractivity contribution in [2.75, 3.05) is 46.1 Å². The van der Waals surface area contributed by atoms with Crippen LogP contribution in [0.15, 0.2) is 24.3 Å². The molecule has 0 aromatic heterocycles. The highest BCUT2D eigenvalue weighted by Crippen LogP contribution is 2.22. The fourth-order valence-electron chi connectivity index (χ4n) is 2.84. The van der Waals surface area contributed by atoms with Crippen LogP contribution in [0.2, 0.25) is 0 Å². The van der Waals surface area contributed by atoms with Gasteiger partial charge in [-0.1, -0.05) is 26.0 Å². The first-order valence-corrected chi connectivity index (χ1v) is 8.98. The molecule has 0 aliphatic carbocycles. The third-order valence-electron chi connectivity index (χ3n) is 4.14. The highest BCUT2D eigenvalue weighted by atomic mass is 19.1. The molecular weight excluding hydrogens is 323 g/mol. The van der Waals surface area contributed by atoms with Crippen molar-refractivity contribution in [2.45, 2.75) is 26.3 Å². The lowest BCUT2D eigenvalue weighted by molar-refractivity contribution is -0.122. The Bertz CT molecular complexity index is 533. The van der Waals surface area contributed by atoms with Crippen LogP contribution in [0.25, 0.3) is 0 Å². The number of benzene rings is 1. The van der Waals surface area contributed by atoms with E-state index in [1.807, 2.05) is 6.07 Å². The number of carbonyl (C=O) groups excluding carboxylic acids is 1. The fourth-order valence-corrected chi connectivity index (χ4v) is 2.84. The molecular formula is C19H29FN2O3. The van der Waals surface area contributed by atoms with Gasteiger partial charge in [0.05, 0.1) is 25.9 Å². The topological polar surface area (TPSA) is 50.8 Å². The molecule has 1 amide bonds. The molecule has 1 aliphatic heterocycles. The van der Waals surface area contributed by atoms with Crippen LogP contribution in [-0.2, 0) is 14.3 Å². The van der Waals surface area contributed by atoms with Crippen LogP contribution in [0.3, 0.4) is 0 Å². The maximum Gasteiger partial charge on any atom is 0.222 e. The van der Waals surface area contributed by atoms with Gasteiger partial charge in [0, 0.05) is 32.7 Å². The molecule has 0 bridgehead atoms. The van der Waals surface area contributed by atoms with Crippen molar-refractivity contribution in [3.8, 4) is 0 Å². The molecule has 140 valence electrons. The number of morpholine rings is 1. The van der Waals surface area contributed by atoms with Crippen molar-refractivity contribution in [2.24, 2.45) is 5.92 Å². The molecule has 6 heteroatoms. The summed E-state index contributed by atoms with van der Waals surface area (Å²) in [6, 6.07) is 6.53. The Hall–Kier alpha value is -1.50. The Balaban J connectivity index is 1.88. The summed E-state index contributed by atoms with van der Waals surface area (Å²) in [6.07, 6.45) is 0.339. The smallest absolute Gasteiger partial charge is 0.222 e. The molecule has 1 saturated heterocycles. The number of carbonyl (C=O) groups is 1. The van der Waals surface area contributed by atoms with Crippen LogP contribution in [-0.4, -0.2) is 56.9 Å². The minimum atomic E-state index is -0.260. The quantitative estimate of drug-likeness (QED) is 0.694. The van der Waals surface area contributed by atoms with Gasteiger partial charge in [-0.2, -0.15) is 0 Å². The van der Waals surface area contributed by atoms with Crippen molar-refractivity contribution in [1.29, 1.82) is 0 Å². The minimum absolute atomic E-state index is 0.0431. The van der Waals surface area contributed by atoms with Crippen molar-refractivity contribution in [3.05, 3.63) is 35.6 Å². The highest BCUT2D eigenvalue weighted by molar-refractivity contribution is 5.76. The second kappa shape index (κ2) is 10.5. The number of ether oxygens (including phenoxy) is 2. The predicted octanol–water partition coefficient (Wildman–Crippen LogP) is 2.38. The number of halogens is 1. The van der Waals surface area contributed by atoms with E-state index in [-0.39, 0.29) is 17.8 Å². The van der Waals surface area contributed by atoms with Gasteiger partial charge in [0.25, 0.3) is 0 Å². The van der Waals surface area contributed by atoms with E-state index in [0.29, 0.717) is 45.3 Å². The Morgan fingerprint density at radius 3 is 2.80 bits per heavy atom. The van der Waals surface area contributed by atoms with E-state index < -0.39 is 0 Å². The maximum atomic E-state index is 13.6. The summed E-state index contributed by atoms with van der Waals surface area (Å²) in [7, 11) is 0. The summed E-state index contributed by atoms with van der Waals surface area (Å²) < 4.78 is 24.5. The van der Waals surface area contributed by atoms with Gasteiger partial charge in [0.2, 0.25) is 5.91 Å². The van der Waals surface area contributed by atoms with Crippen molar-refractivity contribution in [3.63, 3.8) is 0 Å². The molecule has 1 aromatic carbocycles. The maximum absolute atomic E-state index is 13.6. The van der Waals surface area contributed by atoms with E-state index in [2.05, 4.69) is 24.1 Å². The lowest BCUT2D eigenvalue weighted by Gasteiger charge is -2.35. The molecule has 2 rings (SSSR count). The number of nitrogens with one attached hydrogen (secondary N) is 1. The first-order chi connectivity index (χ1) is 12.1. The summed E-state index contributed by atoms with van der Waals surface area (Å²) in [5.41, 5.74) is 0.873. The molecule has 0 radical (unpaired) electrons. The van der Waals surface area contributed by atoms with Crippen molar-refractivity contribution in [1.82, 2.24) is 10.2 Å². The minimum Gasteiger partial charge on any atom is -0.381 e. The van der Waals surface area contributed by atoms with Crippen molar-refractivity contribution < 1.29 is 18.7 Å². The molecule has 1 atom stereocenters. The number of rotatable bonds is 9. The average molecular weight is 352 g/mol. The van der Waals surface area contributed by atoms with E-state index in [0.717, 1.165) is 18.7 Å². The monoisotopic (exact) mass is 352 g/mol. The van der Waals surface area contributed by atoms with Crippen LogP contribution >= 0.6 is 0 Å².